The standard InChI is InChI=1S/C21H23ClN8O/c1-31-18-8-6-14(11-15(18)22)30-27-16-7-5-13(12-17(16)28-30)29-20(24)25-19(23)26-21(29)9-3-2-4-10-21/h5-8,11-12H,2-4,9-10H2,1H3,(H4,23,24,25,26). The predicted molar refractivity (Wildman–Crippen MR) is 122 cm³/mol. The molecule has 3 aromatic rings. The molecule has 1 aliphatic carbocycles. The Bertz CT molecular complexity index is 1210. The van der Waals surface area contributed by atoms with Crippen LogP contribution in [0.15, 0.2) is 46.4 Å². The van der Waals surface area contributed by atoms with E-state index < -0.39 is 5.66 Å². The highest BCUT2D eigenvalue weighted by Gasteiger charge is 2.42. The topological polar surface area (TPSA) is 120 Å². The van der Waals surface area contributed by atoms with Gasteiger partial charge in [0.05, 0.1) is 17.8 Å². The van der Waals surface area contributed by atoms with Gasteiger partial charge in [0.25, 0.3) is 0 Å². The number of benzene rings is 2. The van der Waals surface area contributed by atoms with Crippen LogP contribution in [-0.2, 0) is 0 Å². The maximum absolute atomic E-state index is 6.34. The summed E-state index contributed by atoms with van der Waals surface area (Å²) in [5.74, 6) is 1.18. The number of nitrogens with zero attached hydrogens (tertiary/aromatic N) is 6. The van der Waals surface area contributed by atoms with Crippen LogP contribution in [0.3, 0.4) is 0 Å². The molecule has 0 atom stereocenters. The van der Waals surface area contributed by atoms with Gasteiger partial charge in [-0.1, -0.05) is 18.0 Å². The summed E-state index contributed by atoms with van der Waals surface area (Å²) in [5, 5.41) is 9.72. The van der Waals surface area contributed by atoms with Gasteiger partial charge in [0, 0.05) is 5.69 Å². The average Bonchev–Trinajstić information content (AvgIpc) is 3.17. The minimum Gasteiger partial charge on any atom is -0.495 e. The second-order valence-electron chi connectivity index (χ2n) is 7.80. The van der Waals surface area contributed by atoms with E-state index in [1.807, 2.05) is 29.2 Å². The number of hydrogen-bond donors (Lipinski definition) is 2. The Hall–Kier alpha value is -3.33. The molecule has 0 bridgehead atoms. The molecule has 2 heterocycles. The third-order valence-electron chi connectivity index (χ3n) is 5.84. The van der Waals surface area contributed by atoms with Crippen LogP contribution in [0.5, 0.6) is 5.75 Å². The van der Waals surface area contributed by atoms with Crippen molar-refractivity contribution in [1.29, 1.82) is 0 Å². The first-order valence-electron chi connectivity index (χ1n) is 10.2. The highest BCUT2D eigenvalue weighted by molar-refractivity contribution is 6.32. The van der Waals surface area contributed by atoms with Crippen molar-refractivity contribution in [2.45, 2.75) is 37.8 Å². The zero-order chi connectivity index (χ0) is 21.6. The number of halogens is 1. The smallest absolute Gasteiger partial charge is 0.220 e. The number of rotatable bonds is 3. The van der Waals surface area contributed by atoms with Crippen LogP contribution in [0.2, 0.25) is 5.02 Å². The third kappa shape index (κ3) is 3.34. The number of hydrogen-bond acceptors (Lipinski definition) is 8. The molecule has 4 N–H and O–H groups in total. The molecule has 1 aliphatic heterocycles. The molecule has 0 radical (unpaired) electrons. The van der Waals surface area contributed by atoms with Crippen LogP contribution < -0.4 is 21.1 Å². The van der Waals surface area contributed by atoms with Crippen molar-refractivity contribution in [3.8, 4) is 11.4 Å². The monoisotopic (exact) mass is 438 g/mol. The molecule has 2 aliphatic rings. The van der Waals surface area contributed by atoms with Gasteiger partial charge in [-0.3, -0.25) is 4.90 Å². The normalized spacial score (nSPS) is 18.2. The molecule has 5 rings (SSSR count). The van der Waals surface area contributed by atoms with Crippen molar-refractivity contribution in [2.24, 2.45) is 21.5 Å². The van der Waals surface area contributed by atoms with E-state index in [0.29, 0.717) is 16.7 Å². The number of ether oxygens (including phenoxy) is 1. The zero-order valence-electron chi connectivity index (χ0n) is 17.1. The maximum Gasteiger partial charge on any atom is 0.220 e. The van der Waals surface area contributed by atoms with Gasteiger partial charge >= 0.3 is 0 Å². The van der Waals surface area contributed by atoms with Crippen LogP contribution in [-0.4, -0.2) is 39.7 Å². The van der Waals surface area contributed by atoms with Gasteiger partial charge in [-0.15, -0.1) is 10.2 Å². The summed E-state index contributed by atoms with van der Waals surface area (Å²) in [5.41, 5.74) is 14.9. The summed E-state index contributed by atoms with van der Waals surface area (Å²) in [6.07, 6.45) is 5.06. The highest BCUT2D eigenvalue weighted by atomic mass is 35.5. The van der Waals surface area contributed by atoms with Crippen molar-refractivity contribution in [3.05, 3.63) is 41.4 Å². The Balaban J connectivity index is 1.55. The molecule has 0 amide bonds. The number of guanidine groups is 2. The molecular formula is C21H23ClN8O. The van der Waals surface area contributed by atoms with Gasteiger partial charge in [-0.2, -0.15) is 9.79 Å². The lowest BCUT2D eigenvalue weighted by molar-refractivity contribution is 0.305. The van der Waals surface area contributed by atoms with E-state index in [1.54, 1.807) is 24.0 Å². The predicted octanol–water partition coefficient (Wildman–Crippen LogP) is 3.19. The summed E-state index contributed by atoms with van der Waals surface area (Å²) in [4.78, 5) is 12.5. The van der Waals surface area contributed by atoms with Gasteiger partial charge in [-0.25, -0.2) is 4.99 Å². The largest absolute Gasteiger partial charge is 0.495 e. The molecule has 160 valence electrons. The van der Waals surface area contributed by atoms with Gasteiger partial charge in [-0.05, 0) is 62.1 Å². The van der Waals surface area contributed by atoms with Crippen LogP contribution in [0.4, 0.5) is 5.69 Å². The first-order chi connectivity index (χ1) is 15.0. The Kier molecular flexibility index (Phi) is 4.70. The SMILES string of the molecule is COc1ccc(-n2nc3ccc(N4C(N)=NC(N)=NC45CCCCC5)cc3n2)cc1Cl. The number of aromatic nitrogens is 3. The zero-order valence-corrected chi connectivity index (χ0v) is 17.9. The summed E-state index contributed by atoms with van der Waals surface area (Å²) in [6.45, 7) is 0. The molecule has 1 spiro atoms. The van der Waals surface area contributed by atoms with E-state index in [-0.39, 0.29) is 5.96 Å². The van der Waals surface area contributed by atoms with Crippen LogP contribution in [0.1, 0.15) is 32.1 Å². The fraction of sp³-hybridized carbons (Fsp3) is 0.333. The Morgan fingerprint density at radius 2 is 1.71 bits per heavy atom. The second-order valence-corrected chi connectivity index (χ2v) is 8.21. The van der Waals surface area contributed by atoms with E-state index >= 15 is 0 Å². The van der Waals surface area contributed by atoms with E-state index in [4.69, 9.17) is 32.8 Å². The highest BCUT2D eigenvalue weighted by Crippen LogP contribution is 2.40. The van der Waals surface area contributed by atoms with Gasteiger partial charge in [0.2, 0.25) is 11.9 Å². The van der Waals surface area contributed by atoms with Crippen LogP contribution >= 0.6 is 11.6 Å². The lowest BCUT2D eigenvalue weighted by Crippen LogP contribution is -2.58. The fourth-order valence-electron chi connectivity index (χ4n) is 4.43. The third-order valence-corrected chi connectivity index (χ3v) is 6.14. The van der Waals surface area contributed by atoms with Crippen molar-refractivity contribution in [3.63, 3.8) is 0 Å². The average molecular weight is 439 g/mol. The minimum atomic E-state index is -0.499. The molecular weight excluding hydrogens is 416 g/mol. The van der Waals surface area contributed by atoms with Crippen molar-refractivity contribution < 1.29 is 4.74 Å². The number of fused-ring (bicyclic) bond motifs is 1. The Morgan fingerprint density at radius 1 is 0.968 bits per heavy atom. The van der Waals surface area contributed by atoms with Crippen molar-refractivity contribution >= 4 is 40.2 Å². The van der Waals surface area contributed by atoms with Gasteiger partial charge in [0.15, 0.2) is 0 Å². The van der Waals surface area contributed by atoms with Crippen molar-refractivity contribution in [1.82, 2.24) is 15.0 Å². The minimum absolute atomic E-state index is 0.235. The molecule has 9 nitrogen and oxygen atoms in total. The van der Waals surface area contributed by atoms with Crippen LogP contribution in [0.25, 0.3) is 16.7 Å². The lowest BCUT2D eigenvalue weighted by Gasteiger charge is -2.45. The number of aliphatic imine (C=N–C) groups is 2. The van der Waals surface area contributed by atoms with E-state index in [1.165, 1.54) is 6.42 Å². The van der Waals surface area contributed by atoms with E-state index in [0.717, 1.165) is 48.1 Å². The van der Waals surface area contributed by atoms with E-state index in [9.17, 15) is 0 Å². The van der Waals surface area contributed by atoms with E-state index in [2.05, 4.69) is 15.2 Å². The summed E-state index contributed by atoms with van der Waals surface area (Å²) >= 11 is 6.27. The van der Waals surface area contributed by atoms with Crippen molar-refractivity contribution in [2.75, 3.05) is 12.0 Å². The molecule has 0 unspecified atom stereocenters. The quantitative estimate of drug-likeness (QED) is 0.647. The molecule has 2 aromatic carbocycles. The molecule has 1 saturated carbocycles. The van der Waals surface area contributed by atoms with Crippen LogP contribution in [0, 0.1) is 0 Å². The molecule has 0 saturated heterocycles. The number of anilines is 1. The molecule has 31 heavy (non-hydrogen) atoms. The summed E-state index contributed by atoms with van der Waals surface area (Å²) in [6, 6.07) is 11.3. The summed E-state index contributed by atoms with van der Waals surface area (Å²) < 4.78 is 5.22. The Labute approximate surface area is 184 Å². The summed E-state index contributed by atoms with van der Waals surface area (Å²) in [7, 11) is 1.58. The molecule has 1 fully saturated rings. The van der Waals surface area contributed by atoms with Gasteiger partial charge in [0.1, 0.15) is 22.4 Å². The first kappa shape index (κ1) is 19.6. The molecule has 1 aromatic heterocycles. The number of methoxy groups -OCH3 is 1. The lowest BCUT2D eigenvalue weighted by atomic mass is 9.87. The number of nitrogens with two attached hydrogens (primary N) is 2. The fourth-order valence-corrected chi connectivity index (χ4v) is 4.68. The molecule has 10 heteroatoms. The Morgan fingerprint density at radius 3 is 2.45 bits per heavy atom. The first-order valence-corrected chi connectivity index (χ1v) is 10.6. The van der Waals surface area contributed by atoms with Gasteiger partial charge < -0.3 is 16.2 Å². The second kappa shape index (κ2) is 7.42. The maximum atomic E-state index is 6.34.